The minimum Gasteiger partial charge on any atom is -0.491 e. The van der Waals surface area contributed by atoms with Crippen LogP contribution in [0.1, 0.15) is 11.1 Å². The van der Waals surface area contributed by atoms with E-state index in [-0.39, 0.29) is 6.10 Å². The summed E-state index contributed by atoms with van der Waals surface area (Å²) in [4.78, 5) is 2.26. The second kappa shape index (κ2) is 7.54. The number of morpholine rings is 1. The number of rotatable bonds is 3. The molecule has 1 aliphatic heterocycles. The predicted molar refractivity (Wildman–Crippen MR) is 81.5 cm³/mol. The fraction of sp³-hybridized carbons (Fsp3) is 0.500. The molecule has 0 radical (unpaired) electrons. The molecule has 0 amide bonds. The van der Waals surface area contributed by atoms with Crippen LogP contribution in [0.5, 0.6) is 5.75 Å². The molecule has 4 heteroatoms. The first-order chi connectivity index (χ1) is 9.69. The van der Waals surface area contributed by atoms with E-state index in [0.717, 1.165) is 36.6 Å². The fourth-order valence-corrected chi connectivity index (χ4v) is 2.24. The number of nitrogens with zero attached hydrogens (tertiary/aromatic N) is 1. The quantitative estimate of drug-likeness (QED) is 0.630. The van der Waals surface area contributed by atoms with Crippen LogP contribution in [0, 0.1) is 18.8 Å². The number of hydrogen-bond donors (Lipinski definition) is 0. The molecule has 1 atom stereocenters. The first-order valence-corrected chi connectivity index (χ1v) is 7.31. The highest BCUT2D eigenvalue weighted by molar-refractivity contribution is 6.19. The lowest BCUT2D eigenvalue weighted by Crippen LogP contribution is -2.42. The molecular weight excluding hydrogens is 274 g/mol. The Hall–Kier alpha value is -1.21. The number of alkyl halides is 1. The summed E-state index contributed by atoms with van der Waals surface area (Å²) >= 11 is 5.55. The van der Waals surface area contributed by atoms with Gasteiger partial charge in [-0.05, 0) is 37.7 Å². The van der Waals surface area contributed by atoms with Crippen molar-refractivity contribution < 1.29 is 9.47 Å². The Bertz CT molecular complexity index is 507. The van der Waals surface area contributed by atoms with Crippen molar-refractivity contribution in [2.45, 2.75) is 13.0 Å². The lowest BCUT2D eigenvalue weighted by Gasteiger charge is -2.30. The summed E-state index contributed by atoms with van der Waals surface area (Å²) in [6, 6.07) is 5.93. The maximum Gasteiger partial charge on any atom is 0.122 e. The Morgan fingerprint density at radius 1 is 1.50 bits per heavy atom. The number of likely N-dealkylation sites (N-methyl/N-ethyl adjacent to an activating group) is 1. The number of ether oxygens (including phenoxy) is 2. The molecule has 1 fully saturated rings. The number of hydrogen-bond acceptors (Lipinski definition) is 3. The van der Waals surface area contributed by atoms with Crippen LogP contribution in [-0.2, 0) is 4.74 Å². The molecule has 1 heterocycles. The summed E-state index contributed by atoms with van der Waals surface area (Å²) in [5.41, 5.74) is 2.04. The Morgan fingerprint density at radius 2 is 2.35 bits per heavy atom. The van der Waals surface area contributed by atoms with Crippen LogP contribution in [0.3, 0.4) is 0 Å². The molecule has 0 aliphatic carbocycles. The highest BCUT2D eigenvalue weighted by atomic mass is 35.5. The lowest BCUT2D eigenvalue weighted by molar-refractivity contribution is -0.0404. The normalized spacial score (nSPS) is 19.2. The van der Waals surface area contributed by atoms with Crippen molar-refractivity contribution in [2.24, 2.45) is 0 Å². The maximum atomic E-state index is 5.86. The number of benzene rings is 1. The lowest BCUT2D eigenvalue weighted by atomic mass is 10.1. The van der Waals surface area contributed by atoms with E-state index < -0.39 is 0 Å². The van der Waals surface area contributed by atoms with Crippen LogP contribution in [0.2, 0.25) is 0 Å². The van der Waals surface area contributed by atoms with Gasteiger partial charge in [-0.25, -0.2) is 0 Å². The zero-order valence-corrected chi connectivity index (χ0v) is 12.7. The van der Waals surface area contributed by atoms with Gasteiger partial charge in [-0.3, -0.25) is 0 Å². The highest BCUT2D eigenvalue weighted by Gasteiger charge is 2.18. The first-order valence-electron chi connectivity index (χ1n) is 6.77. The SMILES string of the molecule is Cc1cc(C#CCCl)ccc1OCC1CN(C)CCO1. The molecule has 2 rings (SSSR count). The summed E-state index contributed by atoms with van der Waals surface area (Å²) in [6.07, 6.45) is 0.142. The van der Waals surface area contributed by atoms with Crippen molar-refractivity contribution in [3.63, 3.8) is 0 Å². The van der Waals surface area contributed by atoms with Gasteiger partial charge >= 0.3 is 0 Å². The molecule has 20 heavy (non-hydrogen) atoms. The van der Waals surface area contributed by atoms with Gasteiger partial charge in [-0.15, -0.1) is 11.6 Å². The maximum absolute atomic E-state index is 5.86. The Kier molecular flexibility index (Phi) is 5.72. The van der Waals surface area contributed by atoms with Crippen LogP contribution >= 0.6 is 11.6 Å². The van der Waals surface area contributed by atoms with Crippen LogP contribution in [0.4, 0.5) is 0 Å². The third kappa shape index (κ3) is 4.42. The monoisotopic (exact) mass is 293 g/mol. The average Bonchev–Trinajstić information content (AvgIpc) is 2.44. The van der Waals surface area contributed by atoms with Gasteiger partial charge in [-0.1, -0.05) is 11.8 Å². The summed E-state index contributed by atoms with van der Waals surface area (Å²) < 4.78 is 11.5. The Labute approximate surface area is 125 Å². The van der Waals surface area contributed by atoms with Crippen molar-refractivity contribution in [2.75, 3.05) is 39.2 Å². The number of halogens is 1. The van der Waals surface area contributed by atoms with E-state index >= 15 is 0 Å². The van der Waals surface area contributed by atoms with Crippen molar-refractivity contribution in [1.82, 2.24) is 4.90 Å². The zero-order chi connectivity index (χ0) is 14.4. The molecule has 1 aromatic carbocycles. The van der Waals surface area contributed by atoms with E-state index in [1.807, 2.05) is 25.1 Å². The molecule has 1 saturated heterocycles. The summed E-state index contributed by atoms with van der Waals surface area (Å²) in [5.74, 6) is 7.09. The van der Waals surface area contributed by atoms with Crippen molar-refractivity contribution in [3.8, 4) is 17.6 Å². The summed E-state index contributed by atoms with van der Waals surface area (Å²) in [7, 11) is 2.10. The van der Waals surface area contributed by atoms with Gasteiger partial charge in [-0.2, -0.15) is 0 Å². The summed E-state index contributed by atoms with van der Waals surface area (Å²) in [5, 5.41) is 0. The molecular formula is C16H20ClNO2. The molecule has 0 aromatic heterocycles. The molecule has 1 aromatic rings. The van der Waals surface area contributed by atoms with E-state index in [2.05, 4.69) is 23.8 Å². The van der Waals surface area contributed by atoms with Crippen LogP contribution < -0.4 is 4.74 Å². The zero-order valence-electron chi connectivity index (χ0n) is 12.0. The van der Waals surface area contributed by atoms with Crippen LogP contribution in [-0.4, -0.2) is 50.2 Å². The number of aryl methyl sites for hydroxylation is 1. The van der Waals surface area contributed by atoms with Crippen molar-refractivity contribution >= 4 is 11.6 Å². The van der Waals surface area contributed by atoms with Crippen LogP contribution in [0.25, 0.3) is 0 Å². The predicted octanol–water partition coefficient (Wildman–Crippen LogP) is 2.29. The van der Waals surface area contributed by atoms with Gasteiger partial charge in [0.05, 0.1) is 12.5 Å². The smallest absolute Gasteiger partial charge is 0.122 e. The first kappa shape index (κ1) is 15.2. The van der Waals surface area contributed by atoms with Gasteiger partial charge in [0.1, 0.15) is 18.5 Å². The molecule has 0 spiro atoms. The second-order valence-corrected chi connectivity index (χ2v) is 5.25. The topological polar surface area (TPSA) is 21.7 Å². The van der Waals surface area contributed by atoms with E-state index in [1.165, 1.54) is 0 Å². The van der Waals surface area contributed by atoms with Gasteiger partial charge < -0.3 is 14.4 Å². The Morgan fingerprint density at radius 3 is 3.05 bits per heavy atom. The standard InChI is InChI=1S/C16H20ClNO2/c1-13-10-14(4-3-7-17)5-6-16(13)20-12-15-11-18(2)8-9-19-15/h5-6,10,15H,7-9,11-12H2,1-2H3. The highest BCUT2D eigenvalue weighted by Crippen LogP contribution is 2.19. The molecule has 3 nitrogen and oxygen atoms in total. The van der Waals surface area contributed by atoms with E-state index in [9.17, 15) is 0 Å². The van der Waals surface area contributed by atoms with Gasteiger partial charge in [0.15, 0.2) is 0 Å². The van der Waals surface area contributed by atoms with E-state index in [4.69, 9.17) is 21.1 Å². The Balaban J connectivity index is 1.92. The van der Waals surface area contributed by atoms with Gasteiger partial charge in [0, 0.05) is 18.7 Å². The van der Waals surface area contributed by atoms with Crippen LogP contribution in [0.15, 0.2) is 18.2 Å². The fourth-order valence-electron chi connectivity index (χ4n) is 2.17. The third-order valence-corrected chi connectivity index (χ3v) is 3.37. The largest absolute Gasteiger partial charge is 0.491 e. The third-order valence-electron chi connectivity index (χ3n) is 3.24. The van der Waals surface area contributed by atoms with Gasteiger partial charge in [0.2, 0.25) is 0 Å². The molecule has 0 N–H and O–H groups in total. The molecule has 1 unspecified atom stereocenters. The van der Waals surface area contributed by atoms with Crippen molar-refractivity contribution in [3.05, 3.63) is 29.3 Å². The molecule has 1 aliphatic rings. The van der Waals surface area contributed by atoms with E-state index in [1.54, 1.807) is 0 Å². The average molecular weight is 294 g/mol. The minimum absolute atomic E-state index is 0.142. The molecule has 108 valence electrons. The van der Waals surface area contributed by atoms with Gasteiger partial charge in [0.25, 0.3) is 0 Å². The van der Waals surface area contributed by atoms with E-state index in [0.29, 0.717) is 12.5 Å². The molecule has 0 saturated carbocycles. The molecule has 0 bridgehead atoms. The second-order valence-electron chi connectivity index (χ2n) is 4.98. The summed E-state index contributed by atoms with van der Waals surface area (Å²) in [6.45, 7) is 5.28. The van der Waals surface area contributed by atoms with Crippen molar-refractivity contribution in [1.29, 1.82) is 0 Å². The minimum atomic E-state index is 0.142.